The molecule has 3 rings (SSSR count). The number of amides is 1. The van der Waals surface area contributed by atoms with Crippen LogP contribution in [0.5, 0.6) is 5.88 Å². The minimum atomic E-state index is 0.0398. The summed E-state index contributed by atoms with van der Waals surface area (Å²) < 4.78 is 10.4. The van der Waals surface area contributed by atoms with Crippen molar-refractivity contribution in [1.82, 2.24) is 20.4 Å². The second-order valence-corrected chi connectivity index (χ2v) is 6.19. The number of aromatic nitrogens is 3. The van der Waals surface area contributed by atoms with Crippen LogP contribution in [0.25, 0.3) is 0 Å². The van der Waals surface area contributed by atoms with Crippen molar-refractivity contribution in [3.8, 4) is 5.88 Å². The number of anilines is 1. The third-order valence-electron chi connectivity index (χ3n) is 4.48. The van der Waals surface area contributed by atoms with Gasteiger partial charge in [-0.3, -0.25) is 4.79 Å². The molecule has 2 aromatic heterocycles. The van der Waals surface area contributed by atoms with E-state index in [2.05, 4.69) is 25.3 Å². The van der Waals surface area contributed by atoms with E-state index in [1.54, 1.807) is 19.5 Å². The van der Waals surface area contributed by atoms with Gasteiger partial charge in [0.25, 0.3) is 5.88 Å². The van der Waals surface area contributed by atoms with Gasteiger partial charge in [-0.15, -0.1) is 0 Å². The molecule has 8 nitrogen and oxygen atoms in total. The van der Waals surface area contributed by atoms with Crippen LogP contribution >= 0.6 is 0 Å². The van der Waals surface area contributed by atoms with Crippen LogP contribution in [0.2, 0.25) is 0 Å². The summed E-state index contributed by atoms with van der Waals surface area (Å²) in [6.07, 6.45) is 5.19. The van der Waals surface area contributed by atoms with Crippen molar-refractivity contribution < 1.29 is 14.1 Å². The topological polar surface area (TPSA) is 93.4 Å². The highest BCUT2D eigenvalue weighted by Gasteiger charge is 2.27. The molecule has 1 amide bonds. The first kappa shape index (κ1) is 17.2. The number of nitrogens with one attached hydrogen (secondary N) is 1. The Morgan fingerprint density at radius 1 is 1.40 bits per heavy atom. The van der Waals surface area contributed by atoms with Gasteiger partial charge in [-0.1, -0.05) is 5.16 Å². The molecule has 25 heavy (non-hydrogen) atoms. The maximum atomic E-state index is 12.2. The van der Waals surface area contributed by atoms with Crippen LogP contribution in [0.15, 0.2) is 16.9 Å². The highest BCUT2D eigenvalue weighted by molar-refractivity contribution is 5.76. The molecule has 1 aliphatic rings. The smallest absolute Gasteiger partial charge is 0.257 e. The van der Waals surface area contributed by atoms with Gasteiger partial charge >= 0.3 is 0 Å². The molecule has 0 aliphatic carbocycles. The van der Waals surface area contributed by atoms with Crippen molar-refractivity contribution in [3.05, 3.63) is 29.4 Å². The van der Waals surface area contributed by atoms with Crippen LogP contribution in [0.4, 0.5) is 5.82 Å². The zero-order valence-corrected chi connectivity index (χ0v) is 14.8. The van der Waals surface area contributed by atoms with E-state index in [0.29, 0.717) is 25.3 Å². The van der Waals surface area contributed by atoms with E-state index in [0.717, 1.165) is 35.8 Å². The van der Waals surface area contributed by atoms with E-state index in [1.165, 1.54) is 0 Å². The molecule has 1 saturated heterocycles. The van der Waals surface area contributed by atoms with E-state index >= 15 is 0 Å². The molecule has 0 saturated carbocycles. The molecule has 0 bridgehead atoms. The number of carbonyl (C=O) groups is 1. The molecule has 1 fully saturated rings. The summed E-state index contributed by atoms with van der Waals surface area (Å²) in [6, 6.07) is 0.101. The molecule has 3 heterocycles. The second-order valence-electron chi connectivity index (χ2n) is 6.19. The normalized spacial score (nSPS) is 16.9. The van der Waals surface area contributed by atoms with Crippen molar-refractivity contribution in [3.63, 3.8) is 0 Å². The molecule has 1 aliphatic heterocycles. The summed E-state index contributed by atoms with van der Waals surface area (Å²) in [6.45, 7) is 5.28. The molecule has 2 aromatic rings. The highest BCUT2D eigenvalue weighted by Crippen LogP contribution is 2.25. The molecular formula is C17H23N5O3. The van der Waals surface area contributed by atoms with Gasteiger partial charge in [-0.2, -0.15) is 0 Å². The third kappa shape index (κ3) is 3.89. The van der Waals surface area contributed by atoms with Crippen molar-refractivity contribution in [2.75, 3.05) is 25.1 Å². The van der Waals surface area contributed by atoms with Gasteiger partial charge in [0.1, 0.15) is 5.76 Å². The van der Waals surface area contributed by atoms with Crippen LogP contribution in [-0.2, 0) is 11.2 Å². The lowest BCUT2D eigenvalue weighted by atomic mass is 10.1. The monoisotopic (exact) mass is 345 g/mol. The molecule has 134 valence electrons. The number of hydrogen-bond donors (Lipinski definition) is 1. The van der Waals surface area contributed by atoms with Gasteiger partial charge in [0.2, 0.25) is 5.91 Å². The zero-order valence-electron chi connectivity index (χ0n) is 14.8. The predicted octanol–water partition coefficient (Wildman–Crippen LogP) is 1.42. The lowest BCUT2D eigenvalue weighted by Crippen LogP contribution is -2.37. The number of methoxy groups -OCH3 is 1. The summed E-state index contributed by atoms with van der Waals surface area (Å²) in [5.74, 6) is 2.05. The van der Waals surface area contributed by atoms with Crippen molar-refractivity contribution in [2.45, 2.75) is 39.2 Å². The number of ether oxygens (including phenoxy) is 1. The zero-order chi connectivity index (χ0) is 17.8. The number of hydrogen-bond acceptors (Lipinski definition) is 7. The quantitative estimate of drug-likeness (QED) is 0.846. The molecule has 1 N–H and O–H groups in total. The fourth-order valence-electron chi connectivity index (χ4n) is 3.15. The van der Waals surface area contributed by atoms with Gasteiger partial charge in [0.05, 0.1) is 12.8 Å². The lowest BCUT2D eigenvalue weighted by Gasteiger charge is -2.19. The Bertz CT molecular complexity index is 726. The standard InChI is InChI=1S/C17H23N5O3/c1-11-14(12(2)25-21-11)4-5-15(23)20-13-6-9-22(10-13)16-17(24-3)19-8-7-18-16/h7-8,13H,4-6,9-10H2,1-3H3,(H,20,23)/t13-/m0/s1. The number of rotatable bonds is 6. The maximum Gasteiger partial charge on any atom is 0.257 e. The van der Waals surface area contributed by atoms with Crippen molar-refractivity contribution >= 4 is 11.7 Å². The minimum absolute atomic E-state index is 0.0398. The number of nitrogens with zero attached hydrogens (tertiary/aromatic N) is 4. The van der Waals surface area contributed by atoms with Crippen LogP contribution in [0.1, 0.15) is 29.9 Å². The summed E-state index contributed by atoms with van der Waals surface area (Å²) >= 11 is 0. The van der Waals surface area contributed by atoms with Crippen LogP contribution in [-0.4, -0.2) is 47.3 Å². The molecule has 1 atom stereocenters. The Balaban J connectivity index is 1.52. The number of aryl methyl sites for hydroxylation is 2. The first-order valence-corrected chi connectivity index (χ1v) is 8.39. The van der Waals surface area contributed by atoms with E-state index in [-0.39, 0.29) is 11.9 Å². The molecular weight excluding hydrogens is 322 g/mol. The summed E-state index contributed by atoms with van der Waals surface area (Å²) in [7, 11) is 1.58. The first-order valence-electron chi connectivity index (χ1n) is 8.39. The van der Waals surface area contributed by atoms with Crippen LogP contribution < -0.4 is 15.0 Å². The number of carbonyl (C=O) groups excluding carboxylic acids is 1. The summed E-state index contributed by atoms with van der Waals surface area (Å²) in [5.41, 5.74) is 1.87. The van der Waals surface area contributed by atoms with Gasteiger partial charge < -0.3 is 19.5 Å². The van der Waals surface area contributed by atoms with Gasteiger partial charge in [0.15, 0.2) is 5.82 Å². The Morgan fingerprint density at radius 2 is 2.20 bits per heavy atom. The van der Waals surface area contributed by atoms with E-state index in [1.807, 2.05) is 13.8 Å². The summed E-state index contributed by atoms with van der Waals surface area (Å²) in [5, 5.41) is 7.02. The van der Waals surface area contributed by atoms with Gasteiger partial charge in [-0.05, 0) is 26.7 Å². The molecule has 8 heteroatoms. The van der Waals surface area contributed by atoms with Crippen molar-refractivity contribution in [2.24, 2.45) is 0 Å². The largest absolute Gasteiger partial charge is 0.478 e. The average Bonchev–Trinajstić information content (AvgIpc) is 3.20. The molecule has 0 unspecified atom stereocenters. The molecule has 0 aromatic carbocycles. The van der Waals surface area contributed by atoms with Crippen LogP contribution in [0, 0.1) is 13.8 Å². The van der Waals surface area contributed by atoms with Gasteiger partial charge in [-0.25, -0.2) is 9.97 Å². The Labute approximate surface area is 146 Å². The molecule has 0 radical (unpaired) electrons. The Kier molecular flexibility index (Phi) is 5.16. The second kappa shape index (κ2) is 7.50. The maximum absolute atomic E-state index is 12.2. The first-order chi connectivity index (χ1) is 12.1. The fraction of sp³-hybridized carbons (Fsp3) is 0.529. The molecule has 0 spiro atoms. The predicted molar refractivity (Wildman–Crippen MR) is 91.6 cm³/mol. The van der Waals surface area contributed by atoms with E-state index in [9.17, 15) is 4.79 Å². The fourth-order valence-corrected chi connectivity index (χ4v) is 3.15. The highest BCUT2D eigenvalue weighted by atomic mass is 16.5. The third-order valence-corrected chi connectivity index (χ3v) is 4.48. The van der Waals surface area contributed by atoms with E-state index in [4.69, 9.17) is 9.26 Å². The average molecular weight is 345 g/mol. The van der Waals surface area contributed by atoms with E-state index < -0.39 is 0 Å². The summed E-state index contributed by atoms with van der Waals surface area (Å²) in [4.78, 5) is 22.9. The van der Waals surface area contributed by atoms with Crippen LogP contribution in [0.3, 0.4) is 0 Å². The Hall–Kier alpha value is -2.64. The minimum Gasteiger partial charge on any atom is -0.478 e. The van der Waals surface area contributed by atoms with Gasteiger partial charge in [0, 0.05) is 43.5 Å². The SMILES string of the molecule is COc1nccnc1N1CC[C@H](NC(=O)CCc2c(C)noc2C)C1. The Morgan fingerprint density at radius 3 is 2.92 bits per heavy atom. The lowest BCUT2D eigenvalue weighted by molar-refractivity contribution is -0.121. The van der Waals surface area contributed by atoms with Crippen molar-refractivity contribution in [1.29, 1.82) is 0 Å².